The molecular formula is C22H28N4O5S. The van der Waals surface area contributed by atoms with Crippen LogP contribution in [0.5, 0.6) is 5.75 Å². The van der Waals surface area contributed by atoms with Crippen LogP contribution in [0, 0.1) is 0 Å². The molecule has 10 heteroatoms. The fraction of sp³-hybridized carbons (Fsp3) is 0.455. The maximum absolute atomic E-state index is 12.8. The number of hydrogen-bond donors (Lipinski definition) is 1. The average molecular weight is 461 g/mol. The van der Waals surface area contributed by atoms with Gasteiger partial charge < -0.3 is 23.4 Å². The van der Waals surface area contributed by atoms with Crippen molar-refractivity contribution in [2.24, 2.45) is 7.05 Å². The van der Waals surface area contributed by atoms with Gasteiger partial charge in [0.1, 0.15) is 30.0 Å². The van der Waals surface area contributed by atoms with Gasteiger partial charge in [-0.05, 0) is 19.1 Å². The van der Waals surface area contributed by atoms with E-state index in [-0.39, 0.29) is 24.8 Å². The molecule has 0 saturated carbocycles. The first kappa shape index (κ1) is 22.8. The minimum absolute atomic E-state index is 0.112. The third-order valence-corrected chi connectivity index (χ3v) is 6.83. The van der Waals surface area contributed by atoms with E-state index in [1.165, 1.54) is 4.57 Å². The zero-order valence-corrected chi connectivity index (χ0v) is 19.3. The first-order chi connectivity index (χ1) is 15.4. The molecule has 1 fully saturated rings. The number of aliphatic hydroxyl groups is 1. The van der Waals surface area contributed by atoms with Crippen molar-refractivity contribution in [2.75, 3.05) is 39.1 Å². The van der Waals surface area contributed by atoms with Crippen LogP contribution in [0.3, 0.4) is 0 Å². The smallest absolute Gasteiger partial charge is 0.261 e. The van der Waals surface area contributed by atoms with E-state index in [9.17, 15) is 9.35 Å². The largest absolute Gasteiger partial charge is 0.598 e. The summed E-state index contributed by atoms with van der Waals surface area (Å²) in [7, 11) is 1.71. The number of pyridine rings is 2. The van der Waals surface area contributed by atoms with Crippen LogP contribution in [0.1, 0.15) is 12.7 Å². The van der Waals surface area contributed by atoms with Gasteiger partial charge in [-0.3, -0.25) is 14.7 Å². The predicted octanol–water partition coefficient (Wildman–Crippen LogP) is 1.36. The molecule has 1 aliphatic heterocycles. The summed E-state index contributed by atoms with van der Waals surface area (Å²) in [6, 6.07) is 3.83. The van der Waals surface area contributed by atoms with Crippen LogP contribution in [0.4, 0.5) is 0 Å². The summed E-state index contributed by atoms with van der Waals surface area (Å²) in [5.74, 6) is 1.21. The monoisotopic (exact) mass is 460 g/mol. The molecule has 3 aromatic rings. The molecule has 32 heavy (non-hydrogen) atoms. The molecule has 0 aromatic carbocycles. The first-order valence-corrected chi connectivity index (χ1v) is 12.0. The number of aromatic nitrogens is 2. The highest BCUT2D eigenvalue weighted by molar-refractivity contribution is 7.88. The number of furan rings is 1. The number of rotatable bonds is 7. The molecule has 2 atom stereocenters. The van der Waals surface area contributed by atoms with E-state index in [4.69, 9.17) is 14.3 Å². The summed E-state index contributed by atoms with van der Waals surface area (Å²) < 4.78 is 27.2. The van der Waals surface area contributed by atoms with Crippen LogP contribution in [0.2, 0.25) is 0 Å². The second-order valence-electron chi connectivity index (χ2n) is 7.99. The highest BCUT2D eigenvalue weighted by Gasteiger charge is 2.29. The van der Waals surface area contributed by atoms with Gasteiger partial charge in [0.15, 0.2) is 0 Å². The lowest BCUT2D eigenvalue weighted by Gasteiger charge is -2.37. The van der Waals surface area contributed by atoms with E-state index in [2.05, 4.69) is 16.8 Å². The highest BCUT2D eigenvalue weighted by atomic mass is 32.2. The van der Waals surface area contributed by atoms with Crippen molar-refractivity contribution in [3.05, 3.63) is 46.8 Å². The Morgan fingerprint density at radius 3 is 2.91 bits per heavy atom. The van der Waals surface area contributed by atoms with Crippen LogP contribution in [-0.4, -0.2) is 73.6 Å². The SMILES string of the molecule is C[C@@H]1CN([S+](C)[O-])CCN1Cc1cc2c(=O)n(C)cc(-c3ccncc3OCCO)c2o1. The number of hydrogen-bond acceptors (Lipinski definition) is 8. The van der Waals surface area contributed by atoms with Gasteiger partial charge in [-0.25, -0.2) is 0 Å². The Hall–Kier alpha value is -2.37. The number of aryl methyl sites for hydroxylation is 1. The van der Waals surface area contributed by atoms with Crippen LogP contribution in [0.15, 0.2) is 39.9 Å². The lowest BCUT2D eigenvalue weighted by Crippen LogP contribution is -2.52. The summed E-state index contributed by atoms with van der Waals surface area (Å²) in [5, 5.41) is 9.64. The lowest BCUT2D eigenvalue weighted by atomic mass is 10.1. The molecule has 0 radical (unpaired) electrons. The molecule has 0 spiro atoms. The minimum Gasteiger partial charge on any atom is -0.598 e. The fourth-order valence-electron chi connectivity index (χ4n) is 4.08. The van der Waals surface area contributed by atoms with Crippen molar-refractivity contribution in [2.45, 2.75) is 19.5 Å². The van der Waals surface area contributed by atoms with Crippen molar-refractivity contribution in [3.63, 3.8) is 0 Å². The average Bonchev–Trinajstić information content (AvgIpc) is 3.20. The van der Waals surface area contributed by atoms with E-state index < -0.39 is 11.4 Å². The molecule has 172 valence electrons. The topological polar surface area (TPSA) is 107 Å². The van der Waals surface area contributed by atoms with Crippen molar-refractivity contribution >= 4 is 22.3 Å². The summed E-state index contributed by atoms with van der Waals surface area (Å²) in [6.45, 7) is 4.91. The molecule has 0 amide bonds. The van der Waals surface area contributed by atoms with Gasteiger partial charge in [-0.2, -0.15) is 0 Å². The Bertz CT molecular complexity index is 1150. The van der Waals surface area contributed by atoms with Crippen LogP contribution >= 0.6 is 0 Å². The predicted molar refractivity (Wildman–Crippen MR) is 123 cm³/mol. The van der Waals surface area contributed by atoms with Gasteiger partial charge in [0.2, 0.25) is 0 Å². The maximum atomic E-state index is 12.8. The lowest BCUT2D eigenvalue weighted by molar-refractivity contribution is 0.115. The van der Waals surface area contributed by atoms with E-state index >= 15 is 0 Å². The Kier molecular flexibility index (Phi) is 6.87. The van der Waals surface area contributed by atoms with Gasteiger partial charge >= 0.3 is 0 Å². The van der Waals surface area contributed by atoms with Crippen molar-refractivity contribution in [3.8, 4) is 16.9 Å². The van der Waals surface area contributed by atoms with Crippen LogP contribution in [0.25, 0.3) is 22.1 Å². The second kappa shape index (κ2) is 9.63. The second-order valence-corrected chi connectivity index (χ2v) is 9.35. The van der Waals surface area contributed by atoms with E-state index in [0.29, 0.717) is 29.0 Å². The Balaban J connectivity index is 1.69. The zero-order valence-electron chi connectivity index (χ0n) is 18.5. The summed E-state index contributed by atoms with van der Waals surface area (Å²) in [5.41, 5.74) is 1.83. The number of fused-ring (bicyclic) bond motifs is 1. The first-order valence-electron chi connectivity index (χ1n) is 10.5. The van der Waals surface area contributed by atoms with Gasteiger partial charge in [0, 0.05) is 54.5 Å². The fourth-order valence-corrected chi connectivity index (χ4v) is 4.84. The molecule has 0 aliphatic carbocycles. The standard InChI is InChI=1S/C22H28N4O5S/c1-15-12-26(32(3)29)7-6-25(15)13-16-10-18-21(31-16)19(14-24(2)22(18)28)17-4-5-23-11-20(17)30-9-8-27/h4-5,10-11,14-15,27H,6-9,12-13H2,1-3H3/t15-,32?/m1/s1. The maximum Gasteiger partial charge on any atom is 0.261 e. The normalized spacial score (nSPS) is 18.8. The Morgan fingerprint density at radius 1 is 1.38 bits per heavy atom. The van der Waals surface area contributed by atoms with E-state index in [1.54, 1.807) is 38.0 Å². The summed E-state index contributed by atoms with van der Waals surface area (Å²) in [4.78, 5) is 19.2. The Morgan fingerprint density at radius 2 is 2.19 bits per heavy atom. The minimum atomic E-state index is -0.975. The zero-order chi connectivity index (χ0) is 22.8. The highest BCUT2D eigenvalue weighted by Crippen LogP contribution is 2.35. The molecule has 0 bridgehead atoms. The molecule has 1 unspecified atom stereocenters. The van der Waals surface area contributed by atoms with E-state index in [1.807, 2.05) is 10.4 Å². The van der Waals surface area contributed by atoms with Crippen LogP contribution < -0.4 is 10.3 Å². The third kappa shape index (κ3) is 4.55. The number of nitrogens with zero attached hydrogens (tertiary/aromatic N) is 4. The Labute approximate surface area is 189 Å². The third-order valence-electron chi connectivity index (χ3n) is 5.78. The number of aliphatic hydroxyl groups excluding tert-OH is 1. The van der Waals surface area contributed by atoms with Crippen molar-refractivity contribution in [1.29, 1.82) is 0 Å². The van der Waals surface area contributed by atoms with Gasteiger partial charge in [0.25, 0.3) is 5.56 Å². The molecule has 4 heterocycles. The molecular weight excluding hydrogens is 432 g/mol. The van der Waals surface area contributed by atoms with Gasteiger partial charge in [0.05, 0.1) is 37.8 Å². The number of piperazine rings is 1. The number of ether oxygens (including phenoxy) is 1. The van der Waals surface area contributed by atoms with Gasteiger partial charge in [-0.15, -0.1) is 4.31 Å². The molecule has 1 saturated heterocycles. The molecule has 3 aromatic heterocycles. The molecule has 1 N–H and O–H groups in total. The van der Waals surface area contributed by atoms with Gasteiger partial charge in [-0.1, -0.05) is 0 Å². The van der Waals surface area contributed by atoms with E-state index in [0.717, 1.165) is 30.8 Å². The molecule has 1 aliphatic rings. The van der Waals surface area contributed by atoms with Crippen molar-refractivity contribution < 1.29 is 18.8 Å². The van der Waals surface area contributed by atoms with Crippen molar-refractivity contribution in [1.82, 2.24) is 18.8 Å². The summed E-state index contributed by atoms with van der Waals surface area (Å²) >= 11 is -0.975. The summed E-state index contributed by atoms with van der Waals surface area (Å²) in [6.07, 6.45) is 6.68. The molecule has 9 nitrogen and oxygen atoms in total. The molecule has 4 rings (SSSR count). The van der Waals surface area contributed by atoms with Crippen LogP contribution in [-0.2, 0) is 25.0 Å². The quantitative estimate of drug-likeness (QED) is 0.527.